The minimum Gasteiger partial charge on any atom is -0.465 e. The number of pyridine rings is 1. The Morgan fingerprint density at radius 1 is 1.26 bits per heavy atom. The fourth-order valence-electron chi connectivity index (χ4n) is 5.15. The molecule has 2 aromatic rings. The van der Waals surface area contributed by atoms with E-state index in [0.717, 1.165) is 5.69 Å². The van der Waals surface area contributed by atoms with Crippen molar-refractivity contribution in [1.29, 1.82) is 5.26 Å². The second kappa shape index (κ2) is 10.5. The monoisotopic (exact) mass is 499 g/mol. The highest BCUT2D eigenvalue weighted by Gasteiger charge is 2.42. The predicted molar refractivity (Wildman–Crippen MR) is 129 cm³/mol. The molecule has 35 heavy (non-hydrogen) atoms. The van der Waals surface area contributed by atoms with Crippen LogP contribution in [-0.2, 0) is 4.79 Å². The lowest BCUT2D eigenvalue weighted by Crippen LogP contribution is -2.45. The zero-order chi connectivity index (χ0) is 25.1. The van der Waals surface area contributed by atoms with Crippen LogP contribution in [0.15, 0.2) is 36.5 Å². The third-order valence-electron chi connectivity index (χ3n) is 7.03. The van der Waals surface area contributed by atoms with Crippen LogP contribution in [-0.4, -0.2) is 70.7 Å². The molecule has 2 atom stereocenters. The number of piperidine rings is 1. The molecule has 1 N–H and O–H groups in total. The fraction of sp³-hybridized carbons (Fsp3) is 0.440. The van der Waals surface area contributed by atoms with Crippen LogP contribution in [0.1, 0.15) is 36.9 Å². The molecule has 2 amide bonds. The number of rotatable bonds is 5. The number of hydrogen-bond acceptors (Lipinski definition) is 5. The van der Waals surface area contributed by atoms with E-state index in [1.807, 2.05) is 12.1 Å². The maximum Gasteiger partial charge on any atom is 0.407 e. The molecule has 2 saturated heterocycles. The topological polar surface area (TPSA) is 101 Å². The van der Waals surface area contributed by atoms with Gasteiger partial charge in [-0.2, -0.15) is 5.26 Å². The van der Waals surface area contributed by atoms with Crippen molar-refractivity contribution in [2.45, 2.75) is 31.7 Å². The minimum absolute atomic E-state index is 0.00554. The number of hydrogen-bond donors (Lipinski definition) is 1. The van der Waals surface area contributed by atoms with E-state index >= 15 is 0 Å². The number of carboxylic acid groups (broad SMARTS) is 1. The Hall–Kier alpha value is -3.38. The maximum absolute atomic E-state index is 14.2. The molecule has 2 aliphatic rings. The Balaban J connectivity index is 1.47. The molecule has 2 aliphatic heterocycles. The zero-order valence-electron chi connectivity index (χ0n) is 19.4. The molecule has 8 nitrogen and oxygen atoms in total. The third kappa shape index (κ3) is 5.17. The first-order valence-electron chi connectivity index (χ1n) is 11.7. The van der Waals surface area contributed by atoms with E-state index < -0.39 is 18.0 Å². The molecule has 10 heteroatoms. The van der Waals surface area contributed by atoms with Crippen LogP contribution in [0.2, 0.25) is 5.02 Å². The summed E-state index contributed by atoms with van der Waals surface area (Å²) in [6.45, 7) is 3.99. The molecule has 0 radical (unpaired) electrons. The van der Waals surface area contributed by atoms with Gasteiger partial charge in [0.25, 0.3) is 0 Å². The molecule has 4 rings (SSSR count). The summed E-state index contributed by atoms with van der Waals surface area (Å²) >= 11 is 5.85. The van der Waals surface area contributed by atoms with Crippen LogP contribution >= 0.6 is 11.6 Å². The normalized spacial score (nSPS) is 20.5. The predicted octanol–water partition coefficient (Wildman–Crippen LogP) is 3.96. The van der Waals surface area contributed by atoms with Crippen molar-refractivity contribution >= 4 is 29.3 Å². The van der Waals surface area contributed by atoms with Gasteiger partial charge in [-0.15, -0.1) is 0 Å². The van der Waals surface area contributed by atoms with Crippen molar-refractivity contribution in [3.63, 3.8) is 0 Å². The number of likely N-dealkylation sites (N-methyl/N-ethyl adjacent to an activating group) is 1. The van der Waals surface area contributed by atoms with Crippen molar-refractivity contribution in [1.82, 2.24) is 14.8 Å². The Bertz CT molecular complexity index is 1130. The van der Waals surface area contributed by atoms with Gasteiger partial charge in [-0.25, -0.2) is 14.2 Å². The van der Waals surface area contributed by atoms with E-state index in [1.54, 1.807) is 30.2 Å². The lowest BCUT2D eigenvalue weighted by atomic mass is 9.93. The number of benzene rings is 1. The first-order valence-corrected chi connectivity index (χ1v) is 12.0. The molecule has 184 valence electrons. The smallest absolute Gasteiger partial charge is 0.407 e. The maximum atomic E-state index is 14.2. The van der Waals surface area contributed by atoms with Crippen molar-refractivity contribution < 1.29 is 19.1 Å². The van der Waals surface area contributed by atoms with Gasteiger partial charge in [0.1, 0.15) is 17.6 Å². The molecule has 0 saturated carbocycles. The highest BCUT2D eigenvalue weighted by Crippen LogP contribution is 2.35. The Kier molecular flexibility index (Phi) is 7.41. The molecule has 0 bridgehead atoms. The molecule has 0 unspecified atom stereocenters. The summed E-state index contributed by atoms with van der Waals surface area (Å²) in [6, 6.07) is 9.60. The van der Waals surface area contributed by atoms with Gasteiger partial charge < -0.3 is 19.8 Å². The summed E-state index contributed by atoms with van der Waals surface area (Å²) in [4.78, 5) is 34.7. The van der Waals surface area contributed by atoms with E-state index in [-0.39, 0.29) is 35.9 Å². The van der Waals surface area contributed by atoms with E-state index in [2.05, 4.69) is 9.88 Å². The quantitative estimate of drug-likeness (QED) is 0.668. The number of nitriles is 1. The largest absolute Gasteiger partial charge is 0.465 e. The van der Waals surface area contributed by atoms with Gasteiger partial charge in [-0.3, -0.25) is 4.79 Å². The van der Waals surface area contributed by atoms with Gasteiger partial charge in [0.05, 0.1) is 22.9 Å². The van der Waals surface area contributed by atoms with Crippen LogP contribution in [0.5, 0.6) is 0 Å². The summed E-state index contributed by atoms with van der Waals surface area (Å²) < 4.78 is 14.2. The lowest BCUT2D eigenvalue weighted by molar-refractivity contribution is -0.135. The van der Waals surface area contributed by atoms with Crippen molar-refractivity contribution in [3.8, 4) is 6.07 Å². The number of anilines is 1. The second-order valence-electron chi connectivity index (χ2n) is 8.93. The van der Waals surface area contributed by atoms with E-state index in [9.17, 15) is 19.1 Å². The number of amides is 2. The molecule has 0 spiro atoms. The van der Waals surface area contributed by atoms with Crippen molar-refractivity contribution in [2.75, 3.05) is 37.6 Å². The number of carbonyl (C=O) groups is 2. The van der Waals surface area contributed by atoms with Gasteiger partial charge in [0.2, 0.25) is 5.91 Å². The number of nitrogens with zero attached hydrogens (tertiary/aromatic N) is 5. The average molecular weight is 500 g/mol. The van der Waals surface area contributed by atoms with Crippen LogP contribution < -0.4 is 4.90 Å². The molecule has 1 aromatic carbocycles. The SMILES string of the molecule is CCN(C(=O)O)[C@@H]1CN(C(=O)C2CCN(c3ccc(C#N)nc3)CC2)C[C@H]1c1ccc(Cl)c(F)c1. The summed E-state index contributed by atoms with van der Waals surface area (Å²) in [5.74, 6) is -1.06. The molecule has 3 heterocycles. The summed E-state index contributed by atoms with van der Waals surface area (Å²) in [5.41, 5.74) is 1.91. The Labute approximate surface area is 208 Å². The van der Waals surface area contributed by atoms with Gasteiger partial charge in [0, 0.05) is 44.6 Å². The second-order valence-corrected chi connectivity index (χ2v) is 9.34. The molecular formula is C25H27ClFN5O3. The van der Waals surface area contributed by atoms with Crippen LogP contribution in [0.25, 0.3) is 0 Å². The average Bonchev–Trinajstić information content (AvgIpc) is 3.30. The zero-order valence-corrected chi connectivity index (χ0v) is 20.2. The van der Waals surface area contributed by atoms with Gasteiger partial charge in [-0.1, -0.05) is 17.7 Å². The van der Waals surface area contributed by atoms with Crippen molar-refractivity contribution in [3.05, 3.63) is 58.6 Å². The molecule has 1 aromatic heterocycles. The van der Waals surface area contributed by atoms with E-state index in [0.29, 0.717) is 43.7 Å². The standard InChI is InChI=1S/C25H27ClFN5O3/c1-2-32(25(34)35)23-15-31(14-20(23)17-3-6-21(26)22(27)11-17)24(33)16-7-9-30(10-8-16)19-5-4-18(12-28)29-13-19/h3-6,11,13,16,20,23H,2,7-10,14-15H2,1H3,(H,34,35)/t20-,23+/m0/s1. The lowest BCUT2D eigenvalue weighted by Gasteiger charge is -2.34. The third-order valence-corrected chi connectivity index (χ3v) is 7.34. The minimum atomic E-state index is -1.06. The Morgan fingerprint density at radius 3 is 2.57 bits per heavy atom. The van der Waals surface area contributed by atoms with E-state index in [4.69, 9.17) is 16.9 Å². The first-order chi connectivity index (χ1) is 16.8. The van der Waals surface area contributed by atoms with Gasteiger partial charge in [0.15, 0.2) is 0 Å². The number of aromatic nitrogens is 1. The summed E-state index contributed by atoms with van der Waals surface area (Å²) in [5, 5.41) is 18.7. The van der Waals surface area contributed by atoms with Gasteiger partial charge >= 0.3 is 6.09 Å². The van der Waals surface area contributed by atoms with E-state index in [1.165, 1.54) is 17.0 Å². The van der Waals surface area contributed by atoms with Crippen LogP contribution in [0, 0.1) is 23.1 Å². The molecular weight excluding hydrogens is 473 g/mol. The summed E-state index contributed by atoms with van der Waals surface area (Å²) in [6.07, 6.45) is 1.94. The number of likely N-dealkylation sites (tertiary alicyclic amines) is 1. The fourth-order valence-corrected chi connectivity index (χ4v) is 5.26. The van der Waals surface area contributed by atoms with Crippen molar-refractivity contribution in [2.24, 2.45) is 5.92 Å². The molecule has 2 fully saturated rings. The summed E-state index contributed by atoms with van der Waals surface area (Å²) in [7, 11) is 0. The van der Waals surface area contributed by atoms with Crippen LogP contribution in [0.4, 0.5) is 14.9 Å². The van der Waals surface area contributed by atoms with Crippen LogP contribution in [0.3, 0.4) is 0 Å². The van der Waals surface area contributed by atoms with Gasteiger partial charge in [-0.05, 0) is 49.6 Å². The Morgan fingerprint density at radius 2 is 2.00 bits per heavy atom. The molecule has 0 aliphatic carbocycles. The first kappa shape index (κ1) is 24.7. The number of carbonyl (C=O) groups excluding carboxylic acids is 1. The highest BCUT2D eigenvalue weighted by atomic mass is 35.5. The highest BCUT2D eigenvalue weighted by molar-refractivity contribution is 6.30. The number of halogens is 2.